The van der Waals surface area contributed by atoms with Crippen LogP contribution in [0.25, 0.3) is 0 Å². The molecule has 2 aliphatic rings. The molecule has 132 valence electrons. The van der Waals surface area contributed by atoms with E-state index in [2.05, 4.69) is 10.4 Å². The summed E-state index contributed by atoms with van der Waals surface area (Å²) in [5.41, 5.74) is 1.27. The maximum absolute atomic E-state index is 12.2. The van der Waals surface area contributed by atoms with Gasteiger partial charge in [0.2, 0.25) is 12.3 Å². The van der Waals surface area contributed by atoms with E-state index in [0.29, 0.717) is 36.8 Å². The first-order chi connectivity index (χ1) is 11.6. The molecule has 0 aromatic carbocycles. The third-order valence-corrected chi connectivity index (χ3v) is 5.31. The van der Waals surface area contributed by atoms with E-state index in [9.17, 15) is 9.59 Å². The van der Waals surface area contributed by atoms with Crippen molar-refractivity contribution in [1.29, 1.82) is 0 Å². The molecule has 7 heteroatoms. The Labute approximate surface area is 142 Å². The molecule has 1 aromatic rings. The maximum Gasteiger partial charge on any atom is 0.244 e. The van der Waals surface area contributed by atoms with E-state index in [0.717, 1.165) is 12.8 Å². The lowest BCUT2D eigenvalue weighted by molar-refractivity contribution is -0.131. The molecule has 0 saturated heterocycles. The molecule has 24 heavy (non-hydrogen) atoms. The van der Waals surface area contributed by atoms with Crippen LogP contribution < -0.4 is 5.32 Å². The van der Waals surface area contributed by atoms with Crippen LogP contribution in [0.2, 0.25) is 0 Å². The van der Waals surface area contributed by atoms with Gasteiger partial charge >= 0.3 is 0 Å². The maximum atomic E-state index is 12.2. The number of carbonyl (C=O) groups is 2. The first kappa shape index (κ1) is 17.0. The van der Waals surface area contributed by atoms with Crippen molar-refractivity contribution < 1.29 is 14.3 Å². The van der Waals surface area contributed by atoms with Crippen molar-refractivity contribution in [2.45, 2.75) is 51.2 Å². The van der Waals surface area contributed by atoms with Gasteiger partial charge in [0.05, 0.1) is 24.6 Å². The Morgan fingerprint density at radius 1 is 1.46 bits per heavy atom. The molecule has 1 aromatic heterocycles. The second kappa shape index (κ2) is 7.34. The smallest absolute Gasteiger partial charge is 0.244 e. The molecule has 2 aliphatic carbocycles. The Bertz CT molecular complexity index is 572. The number of likely N-dealkylation sites (N-methyl/N-ethyl adjacent to an activating group) is 1. The molecule has 2 fully saturated rings. The molecule has 1 N–H and O–H groups in total. The minimum Gasteiger partial charge on any atom is -0.376 e. The zero-order chi connectivity index (χ0) is 17.0. The SMILES string of the molecule is CN(CCOC1CCC2(CC1)CC2)C(=O)Cn1cc(NC=O)cn1. The van der Waals surface area contributed by atoms with Gasteiger partial charge in [0.25, 0.3) is 0 Å². The summed E-state index contributed by atoms with van der Waals surface area (Å²) in [5, 5.41) is 6.55. The fourth-order valence-electron chi connectivity index (χ4n) is 3.38. The zero-order valence-corrected chi connectivity index (χ0v) is 14.2. The Morgan fingerprint density at radius 3 is 2.88 bits per heavy atom. The van der Waals surface area contributed by atoms with Gasteiger partial charge in [-0.05, 0) is 43.9 Å². The summed E-state index contributed by atoms with van der Waals surface area (Å²) in [4.78, 5) is 24.2. The molecule has 3 rings (SSSR count). The van der Waals surface area contributed by atoms with Crippen LogP contribution >= 0.6 is 0 Å². The van der Waals surface area contributed by atoms with Gasteiger partial charge in [-0.15, -0.1) is 0 Å². The number of hydrogen-bond acceptors (Lipinski definition) is 4. The summed E-state index contributed by atoms with van der Waals surface area (Å²) in [6.45, 7) is 1.32. The van der Waals surface area contributed by atoms with Gasteiger partial charge in [-0.25, -0.2) is 0 Å². The molecule has 2 amide bonds. The Kier molecular flexibility index (Phi) is 5.18. The first-order valence-corrected chi connectivity index (χ1v) is 8.68. The van der Waals surface area contributed by atoms with Gasteiger partial charge in [-0.3, -0.25) is 14.3 Å². The van der Waals surface area contributed by atoms with Gasteiger partial charge in [0.15, 0.2) is 0 Å². The predicted molar refractivity (Wildman–Crippen MR) is 89.4 cm³/mol. The number of rotatable bonds is 8. The summed E-state index contributed by atoms with van der Waals surface area (Å²) in [5.74, 6) is -0.0278. The topological polar surface area (TPSA) is 76.5 Å². The van der Waals surface area contributed by atoms with Crippen LogP contribution in [-0.4, -0.2) is 53.3 Å². The molecule has 0 atom stereocenters. The van der Waals surface area contributed by atoms with Gasteiger partial charge in [-0.1, -0.05) is 0 Å². The average Bonchev–Trinajstić information content (AvgIpc) is 3.19. The number of hydrogen-bond donors (Lipinski definition) is 1. The summed E-state index contributed by atoms with van der Waals surface area (Å²) in [6.07, 6.45) is 11.9. The van der Waals surface area contributed by atoms with Crippen molar-refractivity contribution in [3.05, 3.63) is 12.4 Å². The fourth-order valence-corrected chi connectivity index (χ4v) is 3.38. The van der Waals surface area contributed by atoms with E-state index in [4.69, 9.17) is 4.74 Å². The normalized spacial score (nSPS) is 19.2. The molecule has 0 bridgehead atoms. The van der Waals surface area contributed by atoms with Gasteiger partial charge in [0, 0.05) is 19.8 Å². The van der Waals surface area contributed by atoms with E-state index in [1.807, 2.05) is 0 Å². The number of amides is 2. The van der Waals surface area contributed by atoms with E-state index < -0.39 is 0 Å². The highest BCUT2D eigenvalue weighted by Gasteiger charge is 2.44. The minimum atomic E-state index is -0.0278. The number of nitrogens with one attached hydrogen (secondary N) is 1. The molecule has 0 aliphatic heterocycles. The lowest BCUT2D eigenvalue weighted by atomic mass is 9.85. The summed E-state index contributed by atoms with van der Waals surface area (Å²) >= 11 is 0. The number of anilines is 1. The quantitative estimate of drug-likeness (QED) is 0.734. The molecular weight excluding hydrogens is 308 g/mol. The van der Waals surface area contributed by atoms with Crippen LogP contribution in [0.4, 0.5) is 5.69 Å². The second-order valence-electron chi connectivity index (χ2n) is 7.07. The van der Waals surface area contributed by atoms with E-state index in [1.165, 1.54) is 36.6 Å². The lowest BCUT2D eigenvalue weighted by Crippen LogP contribution is -2.34. The molecule has 1 spiro atoms. The van der Waals surface area contributed by atoms with Crippen LogP contribution in [0.15, 0.2) is 12.4 Å². The number of ether oxygens (including phenoxy) is 1. The van der Waals surface area contributed by atoms with Crippen molar-refractivity contribution in [2.75, 3.05) is 25.5 Å². The van der Waals surface area contributed by atoms with Crippen LogP contribution in [-0.2, 0) is 20.9 Å². The third-order valence-electron chi connectivity index (χ3n) is 5.31. The van der Waals surface area contributed by atoms with E-state index in [-0.39, 0.29) is 12.5 Å². The fraction of sp³-hybridized carbons (Fsp3) is 0.706. The number of carbonyl (C=O) groups excluding carboxylic acids is 2. The van der Waals surface area contributed by atoms with Gasteiger partial charge in [0.1, 0.15) is 6.54 Å². The predicted octanol–water partition coefficient (Wildman–Crippen LogP) is 1.65. The molecule has 1 heterocycles. The van der Waals surface area contributed by atoms with Crippen LogP contribution in [0.1, 0.15) is 38.5 Å². The highest BCUT2D eigenvalue weighted by atomic mass is 16.5. The molecule has 0 radical (unpaired) electrons. The van der Waals surface area contributed by atoms with Crippen LogP contribution in [0.3, 0.4) is 0 Å². The second-order valence-corrected chi connectivity index (χ2v) is 7.07. The molecule has 0 unspecified atom stereocenters. The van der Waals surface area contributed by atoms with E-state index in [1.54, 1.807) is 18.1 Å². The molecular formula is C17H26N4O3. The highest BCUT2D eigenvalue weighted by Crippen LogP contribution is 2.56. The van der Waals surface area contributed by atoms with Crippen LogP contribution in [0, 0.1) is 5.41 Å². The largest absolute Gasteiger partial charge is 0.376 e. The Balaban J connectivity index is 1.34. The Morgan fingerprint density at radius 2 is 2.21 bits per heavy atom. The average molecular weight is 334 g/mol. The first-order valence-electron chi connectivity index (χ1n) is 8.68. The molecule has 7 nitrogen and oxygen atoms in total. The summed E-state index contributed by atoms with van der Waals surface area (Å²) in [7, 11) is 1.78. The standard InChI is InChI=1S/C17H26N4O3/c1-20(16(23)12-21-11-14(10-19-21)18-13-22)8-9-24-15-2-4-17(5-3-15)6-7-17/h10-11,13,15H,2-9,12H2,1H3,(H,18,22). The highest BCUT2D eigenvalue weighted by molar-refractivity contribution is 5.76. The van der Waals surface area contributed by atoms with Gasteiger partial charge in [-0.2, -0.15) is 5.10 Å². The van der Waals surface area contributed by atoms with Gasteiger partial charge < -0.3 is 15.0 Å². The van der Waals surface area contributed by atoms with Crippen LogP contribution in [0.5, 0.6) is 0 Å². The minimum absolute atomic E-state index is 0.0278. The van der Waals surface area contributed by atoms with Crippen molar-refractivity contribution in [3.63, 3.8) is 0 Å². The van der Waals surface area contributed by atoms with Crippen molar-refractivity contribution in [1.82, 2.24) is 14.7 Å². The monoisotopic (exact) mass is 334 g/mol. The number of nitrogens with zero attached hydrogens (tertiary/aromatic N) is 3. The zero-order valence-electron chi connectivity index (χ0n) is 14.2. The van der Waals surface area contributed by atoms with Crippen molar-refractivity contribution in [3.8, 4) is 0 Å². The summed E-state index contributed by atoms with van der Waals surface area (Å²) < 4.78 is 7.46. The van der Waals surface area contributed by atoms with Crippen molar-refractivity contribution in [2.24, 2.45) is 5.41 Å². The lowest BCUT2D eigenvalue weighted by Gasteiger charge is -2.29. The third kappa shape index (κ3) is 4.35. The number of aromatic nitrogens is 2. The molecule has 2 saturated carbocycles. The van der Waals surface area contributed by atoms with E-state index >= 15 is 0 Å². The summed E-state index contributed by atoms with van der Waals surface area (Å²) in [6, 6.07) is 0. The Hall–Kier alpha value is -1.89. The van der Waals surface area contributed by atoms with Crippen molar-refractivity contribution >= 4 is 18.0 Å².